The van der Waals surface area contributed by atoms with Crippen LogP contribution >= 0.6 is 0 Å². The molecule has 0 saturated heterocycles. The van der Waals surface area contributed by atoms with Crippen molar-refractivity contribution in [1.82, 2.24) is 0 Å². The molecule has 1 heterocycles. The van der Waals surface area contributed by atoms with Crippen molar-refractivity contribution in [2.75, 3.05) is 0 Å². The van der Waals surface area contributed by atoms with Crippen LogP contribution in [-0.4, -0.2) is 17.2 Å². The fraction of sp³-hybridized carbons (Fsp3) is 0.250. The molecule has 1 aliphatic heterocycles. The molecule has 1 aliphatic rings. The van der Waals surface area contributed by atoms with E-state index >= 15 is 0 Å². The molecule has 15 heavy (non-hydrogen) atoms. The van der Waals surface area contributed by atoms with Gasteiger partial charge in [-0.15, -0.1) is 0 Å². The van der Waals surface area contributed by atoms with E-state index in [-0.39, 0.29) is 5.76 Å². The minimum atomic E-state index is -0.514. The Balaban J connectivity index is 2.13. The molecule has 1 aromatic rings. The van der Waals surface area contributed by atoms with Crippen molar-refractivity contribution < 1.29 is 14.6 Å². The molecule has 3 heteroatoms. The van der Waals surface area contributed by atoms with Crippen LogP contribution in [0.4, 0.5) is 0 Å². The van der Waals surface area contributed by atoms with E-state index in [1.54, 1.807) is 6.92 Å². The standard InChI is InChI=1S/C12H12O3/c1-8-11(13)10(15-12(8)14)7-9-5-3-2-4-6-9/h2-6,10,13H,7H2,1H3/t10-/m0/s1. The summed E-state index contributed by atoms with van der Waals surface area (Å²) in [5.74, 6) is -0.364. The van der Waals surface area contributed by atoms with Gasteiger partial charge in [-0.2, -0.15) is 0 Å². The fourth-order valence-electron chi connectivity index (χ4n) is 1.59. The highest BCUT2D eigenvalue weighted by Crippen LogP contribution is 2.22. The van der Waals surface area contributed by atoms with E-state index in [1.807, 2.05) is 30.3 Å². The molecule has 0 bridgehead atoms. The van der Waals surface area contributed by atoms with Crippen molar-refractivity contribution in [2.24, 2.45) is 0 Å². The van der Waals surface area contributed by atoms with Crippen molar-refractivity contribution in [2.45, 2.75) is 19.4 Å². The number of ether oxygens (including phenoxy) is 1. The molecule has 0 unspecified atom stereocenters. The van der Waals surface area contributed by atoms with Crippen LogP contribution < -0.4 is 0 Å². The van der Waals surface area contributed by atoms with Crippen LogP contribution in [0.2, 0.25) is 0 Å². The Morgan fingerprint density at radius 1 is 1.33 bits per heavy atom. The number of rotatable bonds is 2. The molecule has 1 aromatic carbocycles. The predicted octanol–water partition coefficient (Wildman–Crippen LogP) is 1.99. The Bertz CT molecular complexity index is 406. The number of carbonyl (C=O) groups is 1. The van der Waals surface area contributed by atoms with Crippen LogP contribution in [0.25, 0.3) is 0 Å². The number of carbonyl (C=O) groups excluding carboxylic acids is 1. The van der Waals surface area contributed by atoms with Gasteiger partial charge in [-0.05, 0) is 12.5 Å². The van der Waals surface area contributed by atoms with E-state index in [4.69, 9.17) is 4.74 Å². The first-order chi connectivity index (χ1) is 7.18. The quantitative estimate of drug-likeness (QED) is 0.749. The third-order valence-electron chi connectivity index (χ3n) is 2.51. The number of esters is 1. The second kappa shape index (κ2) is 3.77. The lowest BCUT2D eigenvalue weighted by molar-refractivity contribution is -0.140. The Morgan fingerprint density at radius 3 is 2.53 bits per heavy atom. The van der Waals surface area contributed by atoms with E-state index in [0.717, 1.165) is 5.56 Å². The first kappa shape index (κ1) is 9.77. The molecule has 0 saturated carbocycles. The first-order valence-electron chi connectivity index (χ1n) is 4.83. The van der Waals surface area contributed by atoms with Crippen LogP contribution in [0.15, 0.2) is 41.7 Å². The Hall–Kier alpha value is -1.77. The second-order valence-electron chi connectivity index (χ2n) is 3.59. The SMILES string of the molecule is CC1=C(O)[C@H](Cc2ccccc2)OC1=O. The molecule has 0 fully saturated rings. The Labute approximate surface area is 88.0 Å². The Kier molecular flexibility index (Phi) is 2.46. The van der Waals surface area contributed by atoms with Crippen molar-refractivity contribution in [3.05, 3.63) is 47.2 Å². The van der Waals surface area contributed by atoms with Crippen LogP contribution in [-0.2, 0) is 16.0 Å². The number of aliphatic hydroxyl groups excluding tert-OH is 1. The number of aliphatic hydroxyl groups is 1. The van der Waals surface area contributed by atoms with Gasteiger partial charge in [0.25, 0.3) is 0 Å². The van der Waals surface area contributed by atoms with Gasteiger partial charge in [-0.3, -0.25) is 0 Å². The largest absolute Gasteiger partial charge is 0.508 e. The third-order valence-corrected chi connectivity index (χ3v) is 2.51. The normalized spacial score (nSPS) is 20.6. The van der Waals surface area contributed by atoms with Crippen LogP contribution in [0.1, 0.15) is 12.5 Å². The molecular weight excluding hydrogens is 192 g/mol. The van der Waals surface area contributed by atoms with Crippen molar-refractivity contribution >= 4 is 5.97 Å². The molecule has 0 radical (unpaired) electrons. The van der Waals surface area contributed by atoms with Gasteiger partial charge in [0.15, 0.2) is 6.10 Å². The second-order valence-corrected chi connectivity index (χ2v) is 3.59. The summed E-state index contributed by atoms with van der Waals surface area (Å²) < 4.78 is 5.03. The van der Waals surface area contributed by atoms with Gasteiger partial charge in [0.1, 0.15) is 5.76 Å². The minimum Gasteiger partial charge on any atom is -0.508 e. The summed E-state index contributed by atoms with van der Waals surface area (Å²) in [6.45, 7) is 1.57. The minimum absolute atomic E-state index is 0.0591. The van der Waals surface area contributed by atoms with Gasteiger partial charge in [0.05, 0.1) is 5.57 Å². The lowest BCUT2D eigenvalue weighted by Crippen LogP contribution is -2.14. The maximum atomic E-state index is 11.1. The van der Waals surface area contributed by atoms with Gasteiger partial charge in [0.2, 0.25) is 0 Å². The van der Waals surface area contributed by atoms with Crippen LogP contribution in [0.5, 0.6) is 0 Å². The van der Waals surface area contributed by atoms with Gasteiger partial charge < -0.3 is 9.84 Å². The molecule has 78 valence electrons. The summed E-state index contributed by atoms with van der Waals surface area (Å²) in [5.41, 5.74) is 1.35. The maximum Gasteiger partial charge on any atom is 0.338 e. The molecule has 2 rings (SSSR count). The summed E-state index contributed by atoms with van der Waals surface area (Å²) in [6, 6.07) is 9.63. The molecular formula is C12H12O3. The zero-order valence-corrected chi connectivity index (χ0v) is 8.43. The van der Waals surface area contributed by atoms with Gasteiger partial charge in [-0.25, -0.2) is 4.79 Å². The summed E-state index contributed by atoms with van der Waals surface area (Å²) in [7, 11) is 0. The highest BCUT2D eigenvalue weighted by molar-refractivity contribution is 5.91. The number of hydrogen-bond acceptors (Lipinski definition) is 3. The average Bonchev–Trinajstić information content (AvgIpc) is 2.48. The average molecular weight is 204 g/mol. The van der Waals surface area contributed by atoms with Gasteiger partial charge in [-0.1, -0.05) is 30.3 Å². The van der Waals surface area contributed by atoms with Gasteiger partial charge >= 0.3 is 5.97 Å². The number of cyclic esters (lactones) is 1. The number of benzene rings is 1. The number of hydrogen-bond donors (Lipinski definition) is 1. The molecule has 0 spiro atoms. The summed E-state index contributed by atoms with van der Waals surface area (Å²) in [5, 5.41) is 9.62. The molecule has 0 aliphatic carbocycles. The smallest absolute Gasteiger partial charge is 0.338 e. The molecule has 1 N–H and O–H groups in total. The molecule has 0 aromatic heterocycles. The highest BCUT2D eigenvalue weighted by Gasteiger charge is 2.31. The van der Waals surface area contributed by atoms with Crippen molar-refractivity contribution in [3.63, 3.8) is 0 Å². The monoisotopic (exact) mass is 204 g/mol. The maximum absolute atomic E-state index is 11.1. The van der Waals surface area contributed by atoms with Crippen LogP contribution in [0, 0.1) is 0 Å². The zero-order chi connectivity index (χ0) is 10.8. The lowest BCUT2D eigenvalue weighted by atomic mass is 10.1. The topological polar surface area (TPSA) is 46.5 Å². The lowest BCUT2D eigenvalue weighted by Gasteiger charge is -2.09. The van der Waals surface area contributed by atoms with Crippen molar-refractivity contribution in [3.8, 4) is 0 Å². The van der Waals surface area contributed by atoms with E-state index < -0.39 is 12.1 Å². The van der Waals surface area contributed by atoms with Gasteiger partial charge in [0, 0.05) is 6.42 Å². The summed E-state index contributed by atoms with van der Waals surface area (Å²) in [6.07, 6.45) is 0.00958. The third kappa shape index (κ3) is 1.86. The summed E-state index contributed by atoms with van der Waals surface area (Å²) >= 11 is 0. The zero-order valence-electron chi connectivity index (χ0n) is 8.43. The van der Waals surface area contributed by atoms with Crippen LogP contribution in [0.3, 0.4) is 0 Å². The highest BCUT2D eigenvalue weighted by atomic mass is 16.6. The van der Waals surface area contributed by atoms with E-state index in [0.29, 0.717) is 12.0 Å². The summed E-state index contributed by atoms with van der Waals surface area (Å²) in [4.78, 5) is 11.1. The van der Waals surface area contributed by atoms with E-state index in [9.17, 15) is 9.90 Å². The fourth-order valence-corrected chi connectivity index (χ4v) is 1.59. The Morgan fingerprint density at radius 2 is 2.00 bits per heavy atom. The van der Waals surface area contributed by atoms with Crippen molar-refractivity contribution in [1.29, 1.82) is 0 Å². The first-order valence-corrected chi connectivity index (χ1v) is 4.83. The molecule has 3 nitrogen and oxygen atoms in total. The predicted molar refractivity (Wildman–Crippen MR) is 55.4 cm³/mol. The van der Waals surface area contributed by atoms with E-state index in [2.05, 4.69) is 0 Å². The van der Waals surface area contributed by atoms with E-state index in [1.165, 1.54) is 0 Å². The molecule has 0 amide bonds. The molecule has 1 atom stereocenters.